The molecule has 0 radical (unpaired) electrons. The second-order valence-electron chi connectivity index (χ2n) is 2.63. The average Bonchev–Trinajstić information content (AvgIpc) is 2.63. The summed E-state index contributed by atoms with van der Waals surface area (Å²) in [7, 11) is 0. The van der Waals surface area contributed by atoms with Crippen molar-refractivity contribution >= 4 is 0 Å². The Morgan fingerprint density at radius 1 is 1.70 bits per heavy atom. The molecule has 0 saturated heterocycles. The number of hydrogen-bond donors (Lipinski definition) is 1. The van der Waals surface area contributed by atoms with E-state index >= 15 is 0 Å². The highest BCUT2D eigenvalue weighted by Gasteiger charge is 2.20. The Morgan fingerprint density at radius 3 is 3.20 bits per heavy atom. The molecule has 1 heterocycles. The molecule has 0 aliphatic heterocycles. The summed E-state index contributed by atoms with van der Waals surface area (Å²) in [6, 6.07) is 2.63. The van der Waals surface area contributed by atoms with Crippen LogP contribution in [0.3, 0.4) is 0 Å². The molecule has 1 N–H and O–H groups in total. The molecule has 3 heteroatoms. The first-order valence-electron chi connectivity index (χ1n) is 3.58. The lowest BCUT2D eigenvalue weighted by atomic mass is 10.4. The van der Waals surface area contributed by atoms with Crippen LogP contribution >= 0.6 is 0 Å². The van der Waals surface area contributed by atoms with Crippen molar-refractivity contribution < 1.29 is 4.52 Å². The summed E-state index contributed by atoms with van der Waals surface area (Å²) in [5.41, 5.74) is 0. The van der Waals surface area contributed by atoms with Gasteiger partial charge in [0.05, 0.1) is 12.7 Å². The van der Waals surface area contributed by atoms with Crippen molar-refractivity contribution in [2.75, 3.05) is 0 Å². The first-order valence-corrected chi connectivity index (χ1v) is 3.58. The molecule has 1 aliphatic rings. The van der Waals surface area contributed by atoms with Gasteiger partial charge in [-0.1, -0.05) is 5.16 Å². The van der Waals surface area contributed by atoms with Gasteiger partial charge in [-0.3, -0.25) is 0 Å². The van der Waals surface area contributed by atoms with Gasteiger partial charge in [-0.25, -0.2) is 0 Å². The van der Waals surface area contributed by atoms with Gasteiger partial charge in [0, 0.05) is 12.1 Å². The Bertz CT molecular complexity index is 191. The molecule has 3 nitrogen and oxygen atoms in total. The van der Waals surface area contributed by atoms with Crippen molar-refractivity contribution in [1.29, 1.82) is 0 Å². The SMILES string of the molecule is c1cc(CNC2CC2)on1. The van der Waals surface area contributed by atoms with Crippen molar-refractivity contribution in [1.82, 2.24) is 10.5 Å². The van der Waals surface area contributed by atoms with Crippen LogP contribution in [0, 0.1) is 0 Å². The van der Waals surface area contributed by atoms with Crippen LogP contribution in [0.2, 0.25) is 0 Å². The van der Waals surface area contributed by atoms with E-state index in [2.05, 4.69) is 10.5 Å². The van der Waals surface area contributed by atoms with Gasteiger partial charge < -0.3 is 9.84 Å². The molecule has 1 saturated carbocycles. The molecule has 1 fully saturated rings. The summed E-state index contributed by atoms with van der Waals surface area (Å²) in [6.07, 6.45) is 4.30. The fourth-order valence-electron chi connectivity index (χ4n) is 0.866. The smallest absolute Gasteiger partial charge is 0.150 e. The van der Waals surface area contributed by atoms with Gasteiger partial charge >= 0.3 is 0 Å². The van der Waals surface area contributed by atoms with Crippen LogP contribution < -0.4 is 5.32 Å². The minimum Gasteiger partial charge on any atom is -0.360 e. The minimum atomic E-state index is 0.741. The zero-order valence-electron chi connectivity index (χ0n) is 5.71. The fraction of sp³-hybridized carbons (Fsp3) is 0.571. The summed E-state index contributed by atoms with van der Waals surface area (Å²) in [5.74, 6) is 0.923. The van der Waals surface area contributed by atoms with Crippen LogP contribution in [0.4, 0.5) is 0 Å². The molecule has 0 unspecified atom stereocenters. The maximum atomic E-state index is 4.90. The Kier molecular flexibility index (Phi) is 1.43. The molecule has 10 heavy (non-hydrogen) atoms. The quantitative estimate of drug-likeness (QED) is 0.675. The number of nitrogens with one attached hydrogen (secondary N) is 1. The maximum Gasteiger partial charge on any atom is 0.150 e. The van der Waals surface area contributed by atoms with Gasteiger partial charge in [-0.05, 0) is 12.8 Å². The average molecular weight is 138 g/mol. The van der Waals surface area contributed by atoms with E-state index in [1.165, 1.54) is 12.8 Å². The molecular formula is C7H10N2O. The molecule has 0 bridgehead atoms. The second-order valence-corrected chi connectivity index (χ2v) is 2.63. The third kappa shape index (κ3) is 1.36. The van der Waals surface area contributed by atoms with Crippen molar-refractivity contribution in [3.63, 3.8) is 0 Å². The third-order valence-corrected chi connectivity index (χ3v) is 1.63. The normalized spacial score (nSPS) is 17.6. The van der Waals surface area contributed by atoms with Crippen LogP contribution in [-0.2, 0) is 6.54 Å². The predicted octanol–water partition coefficient (Wildman–Crippen LogP) is 0.927. The van der Waals surface area contributed by atoms with Crippen molar-refractivity contribution in [3.05, 3.63) is 18.0 Å². The van der Waals surface area contributed by atoms with E-state index in [0.717, 1.165) is 18.3 Å². The van der Waals surface area contributed by atoms with Crippen molar-refractivity contribution in [2.24, 2.45) is 0 Å². The van der Waals surface area contributed by atoms with E-state index in [0.29, 0.717) is 0 Å². The number of aromatic nitrogens is 1. The first kappa shape index (κ1) is 5.92. The molecule has 0 aromatic carbocycles. The Labute approximate surface area is 59.4 Å². The molecule has 0 spiro atoms. The summed E-state index contributed by atoms with van der Waals surface area (Å²) in [4.78, 5) is 0. The van der Waals surface area contributed by atoms with Gasteiger partial charge in [0.1, 0.15) is 5.76 Å². The molecule has 0 amide bonds. The summed E-state index contributed by atoms with van der Waals surface area (Å²) in [6.45, 7) is 0.824. The Morgan fingerprint density at radius 2 is 2.60 bits per heavy atom. The Balaban J connectivity index is 1.79. The molecule has 2 rings (SSSR count). The van der Waals surface area contributed by atoms with Crippen molar-refractivity contribution in [2.45, 2.75) is 25.4 Å². The molecular weight excluding hydrogens is 128 g/mol. The zero-order valence-corrected chi connectivity index (χ0v) is 5.71. The van der Waals surface area contributed by atoms with E-state index in [4.69, 9.17) is 4.52 Å². The lowest BCUT2D eigenvalue weighted by Crippen LogP contribution is -2.14. The van der Waals surface area contributed by atoms with Crippen molar-refractivity contribution in [3.8, 4) is 0 Å². The van der Waals surface area contributed by atoms with Crippen LogP contribution in [-0.4, -0.2) is 11.2 Å². The second kappa shape index (κ2) is 2.42. The maximum absolute atomic E-state index is 4.90. The summed E-state index contributed by atoms with van der Waals surface area (Å²) >= 11 is 0. The highest BCUT2D eigenvalue weighted by Crippen LogP contribution is 2.18. The Hall–Kier alpha value is -0.830. The summed E-state index contributed by atoms with van der Waals surface area (Å²) in [5, 5.41) is 6.93. The largest absolute Gasteiger partial charge is 0.360 e. The highest BCUT2D eigenvalue weighted by molar-refractivity contribution is 4.94. The lowest BCUT2D eigenvalue weighted by Gasteiger charge is -1.95. The topological polar surface area (TPSA) is 38.1 Å². The van der Waals surface area contributed by atoms with Crippen LogP contribution in [0.5, 0.6) is 0 Å². The van der Waals surface area contributed by atoms with Gasteiger partial charge in [0.25, 0.3) is 0 Å². The number of rotatable bonds is 3. The monoisotopic (exact) mass is 138 g/mol. The van der Waals surface area contributed by atoms with Gasteiger partial charge in [-0.15, -0.1) is 0 Å². The zero-order chi connectivity index (χ0) is 6.81. The number of hydrogen-bond acceptors (Lipinski definition) is 3. The predicted molar refractivity (Wildman–Crippen MR) is 36.4 cm³/mol. The lowest BCUT2D eigenvalue weighted by molar-refractivity contribution is 0.372. The third-order valence-electron chi connectivity index (χ3n) is 1.63. The minimum absolute atomic E-state index is 0.741. The van der Waals surface area contributed by atoms with E-state index in [9.17, 15) is 0 Å². The molecule has 1 aromatic rings. The number of nitrogens with zero attached hydrogens (tertiary/aromatic N) is 1. The van der Waals surface area contributed by atoms with Crippen LogP contribution in [0.25, 0.3) is 0 Å². The van der Waals surface area contributed by atoms with Gasteiger partial charge in [-0.2, -0.15) is 0 Å². The van der Waals surface area contributed by atoms with E-state index < -0.39 is 0 Å². The standard InChI is InChI=1S/C7H10N2O/c1-2-6(1)8-5-7-3-4-9-10-7/h3-4,6,8H,1-2,5H2. The van der Waals surface area contributed by atoms with E-state index in [-0.39, 0.29) is 0 Å². The van der Waals surface area contributed by atoms with Crippen LogP contribution in [0.15, 0.2) is 16.8 Å². The summed E-state index contributed by atoms with van der Waals surface area (Å²) < 4.78 is 4.90. The molecule has 1 aromatic heterocycles. The van der Waals surface area contributed by atoms with Gasteiger partial charge in [0.2, 0.25) is 0 Å². The van der Waals surface area contributed by atoms with E-state index in [1.807, 2.05) is 6.07 Å². The highest BCUT2D eigenvalue weighted by atomic mass is 16.5. The van der Waals surface area contributed by atoms with E-state index in [1.54, 1.807) is 6.20 Å². The first-order chi connectivity index (χ1) is 4.95. The molecule has 1 aliphatic carbocycles. The van der Waals surface area contributed by atoms with Gasteiger partial charge in [0.15, 0.2) is 0 Å². The molecule has 0 atom stereocenters. The fourth-order valence-corrected chi connectivity index (χ4v) is 0.866. The molecule has 54 valence electrons. The van der Waals surface area contributed by atoms with Crippen LogP contribution in [0.1, 0.15) is 18.6 Å².